The quantitative estimate of drug-likeness (QED) is 0.382. The zero-order chi connectivity index (χ0) is 20.9. The van der Waals surface area contributed by atoms with E-state index in [-0.39, 0.29) is 6.17 Å². The molecule has 0 amide bonds. The Kier molecular flexibility index (Phi) is 4.77. The second kappa shape index (κ2) is 7.14. The Bertz CT molecular complexity index is 1220. The number of hydrogen-bond acceptors (Lipinski definition) is 3. The van der Waals surface area contributed by atoms with Crippen molar-refractivity contribution in [2.24, 2.45) is 0 Å². The lowest BCUT2D eigenvalue weighted by Crippen LogP contribution is -2.36. The number of rotatable bonds is 4. The van der Waals surface area contributed by atoms with Gasteiger partial charge in [0.25, 0.3) is 0 Å². The molecule has 0 saturated carbocycles. The summed E-state index contributed by atoms with van der Waals surface area (Å²) < 4.78 is 6.14. The Balaban J connectivity index is 1.72. The monoisotopic (exact) mass is 386 g/mol. The van der Waals surface area contributed by atoms with Gasteiger partial charge in [0.1, 0.15) is 11.2 Å². The van der Waals surface area contributed by atoms with Crippen LogP contribution in [0.3, 0.4) is 0 Å². The van der Waals surface area contributed by atoms with Crippen LogP contribution in [0.25, 0.3) is 21.9 Å². The Labute approximate surface area is 173 Å². The average molecular weight is 387 g/mol. The summed E-state index contributed by atoms with van der Waals surface area (Å²) in [4.78, 5) is 2.31. The number of furan rings is 1. The van der Waals surface area contributed by atoms with Gasteiger partial charge in [-0.05, 0) is 87.6 Å². The molecule has 0 spiro atoms. The topological polar surface area (TPSA) is 28.4 Å². The van der Waals surface area contributed by atoms with Crippen LogP contribution in [0.5, 0.6) is 0 Å². The van der Waals surface area contributed by atoms with Crippen molar-refractivity contribution >= 4 is 33.3 Å². The van der Waals surface area contributed by atoms with Gasteiger partial charge in [0.05, 0.1) is 6.17 Å². The molecule has 1 atom stereocenters. The third-order valence-corrected chi connectivity index (χ3v) is 6.37. The van der Waals surface area contributed by atoms with Crippen molar-refractivity contribution in [3.8, 4) is 0 Å². The maximum Gasteiger partial charge on any atom is 0.138 e. The zero-order valence-corrected chi connectivity index (χ0v) is 18.5. The number of fused-ring (bicyclic) bond motifs is 3. The second-order valence-corrected chi connectivity index (χ2v) is 8.30. The third kappa shape index (κ3) is 3.25. The maximum atomic E-state index is 6.14. The van der Waals surface area contributed by atoms with Crippen LogP contribution in [0.2, 0.25) is 0 Å². The van der Waals surface area contributed by atoms with E-state index in [1.807, 2.05) is 12.1 Å². The minimum Gasteiger partial charge on any atom is -0.456 e. The predicted octanol–water partition coefficient (Wildman–Crippen LogP) is 7.02. The van der Waals surface area contributed by atoms with Crippen LogP contribution >= 0.6 is 0 Å². The smallest absolute Gasteiger partial charge is 0.138 e. The Hall–Kier alpha value is -2.94. The molecule has 4 rings (SSSR count). The highest BCUT2D eigenvalue weighted by Crippen LogP contribution is 2.36. The predicted molar refractivity (Wildman–Crippen MR) is 125 cm³/mol. The number of anilines is 2. The van der Waals surface area contributed by atoms with E-state index in [2.05, 4.69) is 89.1 Å². The molecule has 0 aliphatic heterocycles. The first kappa shape index (κ1) is 19.4. The fraction of sp³-hybridized carbons (Fsp3) is 0.308. The molecule has 0 bridgehead atoms. The molecule has 1 aromatic heterocycles. The summed E-state index contributed by atoms with van der Waals surface area (Å²) in [6.07, 6.45) is 0.143. The molecule has 0 saturated heterocycles. The number of nitrogens with one attached hydrogen (secondary N) is 1. The molecule has 3 aromatic carbocycles. The molecule has 3 nitrogen and oxygen atoms in total. The molecule has 3 heteroatoms. The lowest BCUT2D eigenvalue weighted by atomic mass is 10.0. The van der Waals surface area contributed by atoms with Crippen LogP contribution < -0.4 is 10.2 Å². The van der Waals surface area contributed by atoms with Gasteiger partial charge in [-0.3, -0.25) is 0 Å². The summed E-state index contributed by atoms with van der Waals surface area (Å²) in [7, 11) is 2.16. The molecule has 0 aliphatic carbocycles. The molecule has 29 heavy (non-hydrogen) atoms. The molecule has 1 heterocycles. The number of para-hydroxylation sites is 1. The Morgan fingerprint density at radius 1 is 0.828 bits per heavy atom. The van der Waals surface area contributed by atoms with E-state index in [9.17, 15) is 0 Å². The van der Waals surface area contributed by atoms with Gasteiger partial charge in [-0.15, -0.1) is 0 Å². The summed E-state index contributed by atoms with van der Waals surface area (Å²) in [5.74, 6) is 0. The van der Waals surface area contributed by atoms with Crippen molar-refractivity contribution in [1.29, 1.82) is 0 Å². The van der Waals surface area contributed by atoms with E-state index >= 15 is 0 Å². The van der Waals surface area contributed by atoms with E-state index in [4.69, 9.17) is 4.42 Å². The zero-order valence-electron chi connectivity index (χ0n) is 18.5. The van der Waals surface area contributed by atoms with Gasteiger partial charge in [0.15, 0.2) is 0 Å². The van der Waals surface area contributed by atoms with Crippen molar-refractivity contribution in [2.45, 2.75) is 47.7 Å². The Morgan fingerprint density at radius 3 is 2.28 bits per heavy atom. The fourth-order valence-electron chi connectivity index (χ4n) is 4.12. The van der Waals surface area contributed by atoms with Gasteiger partial charge in [-0.25, -0.2) is 0 Å². The summed E-state index contributed by atoms with van der Waals surface area (Å²) in [5, 5.41) is 6.08. The highest BCUT2D eigenvalue weighted by molar-refractivity contribution is 6.07. The van der Waals surface area contributed by atoms with Gasteiger partial charge in [-0.1, -0.05) is 24.3 Å². The van der Waals surface area contributed by atoms with Crippen LogP contribution in [0, 0.1) is 34.6 Å². The number of hydrogen-bond donors (Lipinski definition) is 1. The molecular weight excluding hydrogens is 356 g/mol. The van der Waals surface area contributed by atoms with Crippen LogP contribution in [0.1, 0.15) is 34.7 Å². The normalized spacial score (nSPS) is 12.5. The summed E-state index contributed by atoms with van der Waals surface area (Å²) in [6, 6.07) is 15.1. The number of nitrogens with zero attached hydrogens (tertiary/aromatic N) is 1. The first-order chi connectivity index (χ1) is 13.8. The summed E-state index contributed by atoms with van der Waals surface area (Å²) >= 11 is 0. The van der Waals surface area contributed by atoms with Gasteiger partial charge in [-0.2, -0.15) is 0 Å². The van der Waals surface area contributed by atoms with Crippen LogP contribution in [0.4, 0.5) is 11.4 Å². The van der Waals surface area contributed by atoms with Crippen LogP contribution in [0.15, 0.2) is 46.9 Å². The molecule has 0 radical (unpaired) electrons. The van der Waals surface area contributed by atoms with E-state index in [1.165, 1.54) is 44.3 Å². The first-order valence-electron chi connectivity index (χ1n) is 10.3. The van der Waals surface area contributed by atoms with Gasteiger partial charge in [0.2, 0.25) is 0 Å². The van der Waals surface area contributed by atoms with Gasteiger partial charge >= 0.3 is 0 Å². The number of aryl methyl sites for hydroxylation is 4. The summed E-state index contributed by atoms with van der Waals surface area (Å²) in [6.45, 7) is 13.1. The first-order valence-corrected chi connectivity index (χ1v) is 10.3. The molecule has 0 unspecified atom stereocenters. The van der Waals surface area contributed by atoms with Crippen molar-refractivity contribution in [2.75, 3.05) is 17.3 Å². The number of benzene rings is 3. The third-order valence-electron chi connectivity index (χ3n) is 6.37. The van der Waals surface area contributed by atoms with Crippen LogP contribution in [-0.2, 0) is 0 Å². The molecule has 0 fully saturated rings. The molecule has 1 N–H and O–H groups in total. The molecule has 150 valence electrons. The van der Waals surface area contributed by atoms with E-state index in [0.29, 0.717) is 0 Å². The minimum absolute atomic E-state index is 0.143. The van der Waals surface area contributed by atoms with E-state index in [0.717, 1.165) is 16.9 Å². The van der Waals surface area contributed by atoms with Crippen molar-refractivity contribution in [3.05, 3.63) is 70.3 Å². The summed E-state index contributed by atoms with van der Waals surface area (Å²) in [5.41, 5.74) is 10.7. The maximum absolute atomic E-state index is 6.14. The van der Waals surface area contributed by atoms with Gasteiger partial charge < -0.3 is 14.6 Å². The molecule has 0 aliphatic rings. The lowest BCUT2D eigenvalue weighted by molar-refractivity contribution is 0.665. The Morgan fingerprint density at radius 2 is 1.52 bits per heavy atom. The highest BCUT2D eigenvalue weighted by atomic mass is 16.3. The van der Waals surface area contributed by atoms with E-state index in [1.54, 1.807) is 0 Å². The molecular formula is C26H30N2O. The van der Waals surface area contributed by atoms with Crippen molar-refractivity contribution < 1.29 is 4.42 Å². The van der Waals surface area contributed by atoms with Crippen molar-refractivity contribution in [3.63, 3.8) is 0 Å². The highest BCUT2D eigenvalue weighted by Gasteiger charge is 2.17. The van der Waals surface area contributed by atoms with Crippen LogP contribution in [-0.4, -0.2) is 13.2 Å². The van der Waals surface area contributed by atoms with Crippen molar-refractivity contribution in [1.82, 2.24) is 0 Å². The fourth-order valence-corrected chi connectivity index (χ4v) is 4.12. The largest absolute Gasteiger partial charge is 0.456 e. The lowest BCUT2D eigenvalue weighted by Gasteiger charge is -2.31. The standard InChI is InChI=1S/C26H30N2O/c1-15-12-17(3)24(13-16(15)2)28(7)20(6)27-23-14-22-21-10-8-9-11-25(21)29-26(22)19(5)18(23)4/h8-14,20,27H,1-7H3/t20-/m0/s1. The second-order valence-electron chi connectivity index (χ2n) is 8.30. The van der Waals surface area contributed by atoms with Gasteiger partial charge in [0, 0.05) is 29.2 Å². The average Bonchev–Trinajstić information content (AvgIpc) is 3.07. The minimum atomic E-state index is 0.143. The van der Waals surface area contributed by atoms with E-state index < -0.39 is 0 Å². The SMILES string of the molecule is Cc1cc(C)c(N(C)[C@@H](C)Nc2cc3c(oc4ccccc43)c(C)c2C)cc1C. The molecule has 4 aromatic rings.